The molecular formula is C23H26N4O2S. The van der Waals surface area contributed by atoms with Gasteiger partial charge < -0.3 is 10.6 Å². The van der Waals surface area contributed by atoms with Crippen molar-refractivity contribution in [2.45, 2.75) is 46.1 Å². The molecule has 1 atom stereocenters. The van der Waals surface area contributed by atoms with Crippen LogP contribution in [0.2, 0.25) is 0 Å². The molecule has 0 aliphatic heterocycles. The van der Waals surface area contributed by atoms with Crippen molar-refractivity contribution in [2.75, 3.05) is 5.32 Å². The van der Waals surface area contributed by atoms with E-state index in [4.69, 9.17) is 0 Å². The molecule has 0 bridgehead atoms. The van der Waals surface area contributed by atoms with Crippen LogP contribution in [0.15, 0.2) is 48.7 Å². The maximum atomic E-state index is 12.5. The standard InChI is InChI=1S/C23H26N4O2S/c1-14-19(18-8-6-7-13-24-18)30-22(26-14)27-20(28)15(2)25-21(29)16-9-11-17(12-10-16)23(3,4)5/h6-13,15H,1-5H3,(H,25,29)(H,26,27,28). The number of hydrogen-bond donors (Lipinski definition) is 2. The summed E-state index contributed by atoms with van der Waals surface area (Å²) in [5.74, 6) is -0.612. The second kappa shape index (κ2) is 8.75. The van der Waals surface area contributed by atoms with E-state index in [9.17, 15) is 9.59 Å². The zero-order valence-corrected chi connectivity index (χ0v) is 18.6. The fourth-order valence-corrected chi connectivity index (χ4v) is 3.81. The third kappa shape index (κ3) is 5.10. The van der Waals surface area contributed by atoms with Gasteiger partial charge in [0, 0.05) is 11.8 Å². The number of thiazole rings is 1. The predicted octanol–water partition coefficient (Wildman–Crippen LogP) is 4.57. The van der Waals surface area contributed by atoms with Gasteiger partial charge in [0.1, 0.15) is 6.04 Å². The SMILES string of the molecule is Cc1nc(NC(=O)C(C)NC(=O)c2ccc(C(C)(C)C)cc2)sc1-c1ccccn1. The summed E-state index contributed by atoms with van der Waals surface area (Å²) in [6.07, 6.45) is 1.72. The Hall–Kier alpha value is -3.06. The number of nitrogens with one attached hydrogen (secondary N) is 2. The first-order valence-corrected chi connectivity index (χ1v) is 10.6. The summed E-state index contributed by atoms with van der Waals surface area (Å²) < 4.78 is 0. The number of hydrogen-bond acceptors (Lipinski definition) is 5. The molecule has 2 N–H and O–H groups in total. The fraction of sp³-hybridized carbons (Fsp3) is 0.304. The fourth-order valence-electron chi connectivity index (χ4n) is 2.87. The minimum atomic E-state index is -0.706. The summed E-state index contributed by atoms with van der Waals surface area (Å²) in [7, 11) is 0. The van der Waals surface area contributed by atoms with E-state index in [1.807, 2.05) is 37.3 Å². The van der Waals surface area contributed by atoms with Crippen LogP contribution in [0, 0.1) is 6.92 Å². The second-order valence-corrected chi connectivity index (χ2v) is 9.16. The van der Waals surface area contributed by atoms with E-state index in [1.165, 1.54) is 11.3 Å². The summed E-state index contributed by atoms with van der Waals surface area (Å²) >= 11 is 1.36. The molecule has 2 aromatic heterocycles. The summed E-state index contributed by atoms with van der Waals surface area (Å²) in [6, 6.07) is 12.4. The number of pyridine rings is 1. The lowest BCUT2D eigenvalue weighted by molar-refractivity contribution is -0.117. The van der Waals surface area contributed by atoms with Crippen molar-refractivity contribution < 1.29 is 9.59 Å². The predicted molar refractivity (Wildman–Crippen MR) is 121 cm³/mol. The zero-order chi connectivity index (χ0) is 21.9. The average molecular weight is 423 g/mol. The number of carbonyl (C=O) groups excluding carboxylic acids is 2. The molecule has 2 heterocycles. The highest BCUT2D eigenvalue weighted by atomic mass is 32.1. The number of carbonyl (C=O) groups is 2. The van der Waals surface area contributed by atoms with E-state index in [2.05, 4.69) is 41.4 Å². The van der Waals surface area contributed by atoms with Crippen LogP contribution in [-0.4, -0.2) is 27.8 Å². The molecule has 156 valence electrons. The summed E-state index contributed by atoms with van der Waals surface area (Å²) in [4.78, 5) is 34.7. The van der Waals surface area contributed by atoms with Crippen LogP contribution in [0.5, 0.6) is 0 Å². The van der Waals surface area contributed by atoms with Gasteiger partial charge in [-0.3, -0.25) is 14.6 Å². The number of amides is 2. The Kier molecular flexibility index (Phi) is 6.31. The van der Waals surface area contributed by atoms with E-state index in [0.29, 0.717) is 10.7 Å². The third-order valence-corrected chi connectivity index (χ3v) is 5.77. The smallest absolute Gasteiger partial charge is 0.251 e. The number of aromatic nitrogens is 2. The minimum absolute atomic E-state index is 0.0160. The molecule has 0 aliphatic rings. The lowest BCUT2D eigenvalue weighted by Gasteiger charge is -2.19. The van der Waals surface area contributed by atoms with Crippen LogP contribution in [0.3, 0.4) is 0 Å². The van der Waals surface area contributed by atoms with E-state index in [0.717, 1.165) is 21.8 Å². The van der Waals surface area contributed by atoms with Crippen LogP contribution in [-0.2, 0) is 10.2 Å². The highest BCUT2D eigenvalue weighted by Crippen LogP contribution is 2.31. The minimum Gasteiger partial charge on any atom is -0.341 e. The molecule has 0 saturated carbocycles. The van der Waals surface area contributed by atoms with E-state index in [-0.39, 0.29) is 17.2 Å². The number of aryl methyl sites for hydroxylation is 1. The molecule has 0 saturated heterocycles. The van der Waals surface area contributed by atoms with E-state index < -0.39 is 6.04 Å². The first-order valence-electron chi connectivity index (χ1n) is 9.76. The quantitative estimate of drug-likeness (QED) is 0.631. The molecule has 2 amide bonds. The second-order valence-electron chi connectivity index (χ2n) is 8.16. The molecule has 6 nitrogen and oxygen atoms in total. The Morgan fingerprint density at radius 1 is 1.07 bits per heavy atom. The Bertz CT molecular complexity index is 1040. The maximum Gasteiger partial charge on any atom is 0.251 e. The van der Waals surface area contributed by atoms with Gasteiger partial charge in [-0.05, 0) is 49.1 Å². The Labute approximate surface area is 180 Å². The van der Waals surface area contributed by atoms with Crippen molar-refractivity contribution in [3.05, 3.63) is 65.5 Å². The Morgan fingerprint density at radius 3 is 2.37 bits per heavy atom. The van der Waals surface area contributed by atoms with Crippen LogP contribution in [0.4, 0.5) is 5.13 Å². The molecule has 0 fully saturated rings. The highest BCUT2D eigenvalue weighted by Gasteiger charge is 2.20. The molecule has 7 heteroatoms. The highest BCUT2D eigenvalue weighted by molar-refractivity contribution is 7.19. The summed E-state index contributed by atoms with van der Waals surface area (Å²) in [6.45, 7) is 9.88. The van der Waals surface area contributed by atoms with Gasteiger partial charge in [0.15, 0.2) is 5.13 Å². The third-order valence-electron chi connectivity index (χ3n) is 4.68. The van der Waals surface area contributed by atoms with E-state index >= 15 is 0 Å². The monoisotopic (exact) mass is 422 g/mol. The number of nitrogens with zero attached hydrogens (tertiary/aromatic N) is 2. The number of rotatable bonds is 5. The molecular weight excluding hydrogens is 396 g/mol. The van der Waals surface area contributed by atoms with Gasteiger partial charge in [0.25, 0.3) is 5.91 Å². The van der Waals surface area contributed by atoms with Gasteiger partial charge in [0.2, 0.25) is 5.91 Å². The van der Waals surface area contributed by atoms with Gasteiger partial charge in [-0.25, -0.2) is 4.98 Å². The number of anilines is 1. The van der Waals surface area contributed by atoms with Crippen molar-refractivity contribution in [3.8, 4) is 10.6 Å². The average Bonchev–Trinajstić information content (AvgIpc) is 3.08. The molecule has 30 heavy (non-hydrogen) atoms. The molecule has 0 aliphatic carbocycles. The lowest BCUT2D eigenvalue weighted by atomic mass is 9.86. The van der Waals surface area contributed by atoms with Crippen molar-refractivity contribution in [3.63, 3.8) is 0 Å². The van der Waals surface area contributed by atoms with Gasteiger partial charge in [0.05, 0.1) is 16.3 Å². The van der Waals surface area contributed by atoms with Gasteiger partial charge in [-0.2, -0.15) is 0 Å². The zero-order valence-electron chi connectivity index (χ0n) is 17.8. The molecule has 3 rings (SSSR count). The normalized spacial score (nSPS) is 12.3. The Morgan fingerprint density at radius 2 is 1.77 bits per heavy atom. The summed E-state index contributed by atoms with van der Waals surface area (Å²) in [5, 5.41) is 6.01. The van der Waals surface area contributed by atoms with Crippen molar-refractivity contribution >= 4 is 28.3 Å². The van der Waals surface area contributed by atoms with Crippen molar-refractivity contribution in [2.24, 2.45) is 0 Å². The molecule has 0 radical (unpaired) electrons. The molecule has 1 unspecified atom stereocenters. The van der Waals surface area contributed by atoms with E-state index in [1.54, 1.807) is 25.3 Å². The largest absolute Gasteiger partial charge is 0.341 e. The van der Waals surface area contributed by atoms with Gasteiger partial charge in [-0.15, -0.1) is 0 Å². The van der Waals surface area contributed by atoms with Crippen LogP contribution in [0.1, 0.15) is 49.3 Å². The summed E-state index contributed by atoms with van der Waals surface area (Å²) in [5.41, 5.74) is 3.29. The maximum absolute atomic E-state index is 12.5. The van der Waals surface area contributed by atoms with Gasteiger partial charge >= 0.3 is 0 Å². The van der Waals surface area contributed by atoms with Crippen molar-refractivity contribution in [1.82, 2.24) is 15.3 Å². The lowest BCUT2D eigenvalue weighted by Crippen LogP contribution is -2.41. The first-order chi connectivity index (χ1) is 14.1. The topological polar surface area (TPSA) is 84.0 Å². The van der Waals surface area contributed by atoms with Crippen LogP contribution >= 0.6 is 11.3 Å². The van der Waals surface area contributed by atoms with Crippen molar-refractivity contribution in [1.29, 1.82) is 0 Å². The molecule has 1 aromatic carbocycles. The van der Waals surface area contributed by atoms with Crippen LogP contribution in [0.25, 0.3) is 10.6 Å². The first kappa shape index (κ1) is 21.6. The molecule has 0 spiro atoms. The van der Waals surface area contributed by atoms with Gasteiger partial charge in [-0.1, -0.05) is 50.3 Å². The Balaban J connectivity index is 1.63. The van der Waals surface area contributed by atoms with Crippen LogP contribution < -0.4 is 10.6 Å². The number of benzene rings is 1. The molecule has 3 aromatic rings.